The van der Waals surface area contributed by atoms with Crippen LogP contribution in [0.3, 0.4) is 0 Å². The molecule has 0 aliphatic rings. The average Bonchev–Trinajstić information content (AvgIpc) is 0.772. The molecule has 20 aromatic rings. The summed E-state index contributed by atoms with van der Waals surface area (Å²) in [7, 11) is 0. The first-order valence-corrected chi connectivity index (χ1v) is 40.8. The summed E-state index contributed by atoms with van der Waals surface area (Å²) in [5, 5.41) is 0. The molecule has 0 N–H and O–H groups in total. The first-order chi connectivity index (χ1) is 59.9. The van der Waals surface area contributed by atoms with Crippen molar-refractivity contribution >= 4 is 0 Å². The van der Waals surface area contributed by atoms with Gasteiger partial charge in [0.25, 0.3) is 0 Å². The fraction of sp³-hybridized carbons (Fsp3) is 0. The van der Waals surface area contributed by atoms with Crippen LogP contribution in [-0.2, 0) is 0 Å². The van der Waals surface area contributed by atoms with E-state index in [0.29, 0.717) is 17.3 Å². The lowest BCUT2D eigenvalue weighted by Crippen LogP contribution is -1.96. The highest BCUT2D eigenvalue weighted by Crippen LogP contribution is 2.50. The van der Waals surface area contributed by atoms with Gasteiger partial charge in [-0.05, 0) is 296 Å². The van der Waals surface area contributed by atoms with Gasteiger partial charge in [0.1, 0.15) is 11.5 Å². The highest BCUT2D eigenvalue weighted by molar-refractivity contribution is 6.01. The van der Waals surface area contributed by atoms with Crippen LogP contribution < -0.4 is 4.74 Å². The number of nitrogens with zero attached hydrogens (tertiary/aromatic N) is 5. The van der Waals surface area contributed by atoms with Gasteiger partial charge < -0.3 is 4.74 Å². The van der Waals surface area contributed by atoms with Gasteiger partial charge in [-0.3, -0.25) is 15.0 Å². The van der Waals surface area contributed by atoms with E-state index in [9.17, 15) is 0 Å². The molecule has 20 rings (SSSR count). The quantitative estimate of drug-likeness (QED) is 0.0757. The van der Waals surface area contributed by atoms with Gasteiger partial charge in [0, 0.05) is 58.8 Å². The first kappa shape index (κ1) is 73.7. The van der Waals surface area contributed by atoms with Crippen LogP contribution in [0.25, 0.3) is 201 Å². The number of ether oxygens (including phenoxy) is 1. The van der Waals surface area contributed by atoms with Crippen LogP contribution in [0.1, 0.15) is 0 Å². The van der Waals surface area contributed by atoms with E-state index >= 15 is 0 Å². The van der Waals surface area contributed by atoms with Crippen molar-refractivity contribution in [1.29, 1.82) is 0 Å². The molecule has 4 aromatic heterocycles. The number of hydrogen-bond donors (Lipinski definition) is 0. The fourth-order valence-electron chi connectivity index (χ4n) is 16.7. The fourth-order valence-corrected chi connectivity index (χ4v) is 16.7. The average molecular weight is 1540 g/mol. The largest absolute Gasteiger partial charge is 0.457 e. The molecule has 0 bridgehead atoms. The van der Waals surface area contributed by atoms with Crippen molar-refractivity contribution in [3.63, 3.8) is 0 Å². The van der Waals surface area contributed by atoms with Gasteiger partial charge in [0.2, 0.25) is 0 Å². The maximum atomic E-state index is 7.23. The molecule has 0 spiro atoms. The number of pyridine rings is 3. The van der Waals surface area contributed by atoms with Gasteiger partial charge in [-0.2, -0.15) is 0 Å². The Balaban J connectivity index is 0.787. The lowest BCUT2D eigenvalue weighted by Gasteiger charge is -2.21. The van der Waals surface area contributed by atoms with Crippen LogP contribution in [0.4, 0.5) is 0 Å². The predicted molar refractivity (Wildman–Crippen MR) is 500 cm³/mol. The van der Waals surface area contributed by atoms with Crippen molar-refractivity contribution in [1.82, 2.24) is 24.9 Å². The molecule has 0 atom stereocenters. The molecule has 121 heavy (non-hydrogen) atoms. The lowest BCUT2D eigenvalue weighted by molar-refractivity contribution is 0.485. The van der Waals surface area contributed by atoms with Crippen LogP contribution in [0.2, 0.25) is 0 Å². The Bertz CT molecular complexity index is 6690. The molecular weight excluding hydrogens is 1470 g/mol. The van der Waals surface area contributed by atoms with E-state index in [0.717, 1.165) is 195 Å². The minimum atomic E-state index is 0.589. The minimum Gasteiger partial charge on any atom is -0.457 e. The molecule has 0 amide bonds. The smallest absolute Gasteiger partial charge is 0.159 e. The second-order valence-corrected chi connectivity index (χ2v) is 30.2. The third kappa shape index (κ3) is 15.7. The number of hydrogen-bond acceptors (Lipinski definition) is 6. The molecule has 16 aromatic carbocycles. The van der Waals surface area contributed by atoms with E-state index < -0.39 is 0 Å². The number of benzene rings is 16. The van der Waals surface area contributed by atoms with E-state index in [1.165, 1.54) is 0 Å². The summed E-state index contributed by atoms with van der Waals surface area (Å²) in [5.74, 6) is 1.89. The third-order valence-electron chi connectivity index (χ3n) is 22.6. The zero-order chi connectivity index (χ0) is 80.6. The zero-order valence-electron chi connectivity index (χ0n) is 66.1. The molecule has 4 heterocycles. The van der Waals surface area contributed by atoms with E-state index in [4.69, 9.17) is 29.7 Å². The highest BCUT2D eigenvalue weighted by atomic mass is 16.5. The van der Waals surface area contributed by atoms with E-state index in [1.807, 2.05) is 67.1 Å². The summed E-state index contributed by atoms with van der Waals surface area (Å²) in [5.41, 5.74) is 36.7. The Morgan fingerprint density at radius 1 is 0.132 bits per heavy atom. The molecule has 0 aliphatic carbocycles. The first-order valence-electron chi connectivity index (χ1n) is 40.8. The maximum Gasteiger partial charge on any atom is 0.159 e. The molecular formula is C115H77N5O. The van der Waals surface area contributed by atoms with Crippen molar-refractivity contribution < 1.29 is 4.74 Å². The van der Waals surface area contributed by atoms with Crippen molar-refractivity contribution in [3.8, 4) is 212 Å². The SMILES string of the molecule is c1ccc(-c2cc(-c3ccccc3)cc(-c3cccc(-c4cc(-c5ccccn5)ccc4-c4ccccc4-c4cc(-c5ccccc5-c5ccc(-c6ncccn6)cc5Oc5cccc(-c6ccccn6)c5)cc(-c5ccccc5-c5ccc(-c6ccccn6)cc5-c5cccc(-c6cc(-c7ccccc7)cc(-c7ccccc7)c6)c5)c4)c3)c2)cc1. The Morgan fingerprint density at radius 2 is 0.413 bits per heavy atom. The lowest BCUT2D eigenvalue weighted by atomic mass is 9.83. The summed E-state index contributed by atoms with van der Waals surface area (Å²) in [6, 6.07) is 157. The molecule has 0 saturated carbocycles. The van der Waals surface area contributed by atoms with Crippen LogP contribution in [-0.4, -0.2) is 24.9 Å². The minimum absolute atomic E-state index is 0.589. The Morgan fingerprint density at radius 3 is 0.810 bits per heavy atom. The summed E-state index contributed by atoms with van der Waals surface area (Å²) in [4.78, 5) is 24.1. The third-order valence-corrected chi connectivity index (χ3v) is 22.6. The van der Waals surface area contributed by atoms with Gasteiger partial charge in [-0.15, -0.1) is 0 Å². The van der Waals surface area contributed by atoms with Crippen LogP contribution in [0.5, 0.6) is 11.5 Å². The molecule has 0 unspecified atom stereocenters. The van der Waals surface area contributed by atoms with E-state index in [1.54, 1.807) is 12.4 Å². The monoisotopic (exact) mass is 1540 g/mol. The Labute approximate surface area is 705 Å². The van der Waals surface area contributed by atoms with Gasteiger partial charge in [0.05, 0.1) is 17.1 Å². The number of aromatic nitrogens is 5. The molecule has 6 heteroatoms. The van der Waals surface area contributed by atoms with E-state index in [2.05, 4.69) is 388 Å². The van der Waals surface area contributed by atoms with Crippen molar-refractivity contribution in [2.45, 2.75) is 0 Å². The second kappa shape index (κ2) is 33.6. The number of rotatable bonds is 20. The van der Waals surface area contributed by atoms with Crippen molar-refractivity contribution in [3.05, 3.63) is 468 Å². The molecule has 0 radical (unpaired) electrons. The molecule has 6 nitrogen and oxygen atoms in total. The molecule has 0 saturated heterocycles. The van der Waals surface area contributed by atoms with Crippen LogP contribution in [0, 0.1) is 0 Å². The van der Waals surface area contributed by atoms with Crippen LogP contribution in [0.15, 0.2) is 468 Å². The normalized spacial score (nSPS) is 11.1. The molecule has 568 valence electrons. The maximum absolute atomic E-state index is 7.23. The standard InChI is InChI=1S/C115H77N5O/c1-5-29-78(30-6-1)90-65-91(79-31-7-2-8-32-79)68-94(67-90)82-37-25-39-84(63-82)109-75-87(112-50-20-23-59-117-112)52-55-106(109)103-46-16-13-43-100(103)96-71-97(73-98(72-96)102-45-15-18-48-105(102)108-57-54-89(115-119-61-28-62-120-115)77-114(108)121-99-42-27-41-86(74-99)111-49-19-22-58-116-111)101-44-14-17-47-104(101)107-56-53-88(113-51-21-24-60-118-113)76-110(107)85-40-26-38-83(64-85)95-69-92(80-33-9-3-10-34-80)66-93(70-95)81-35-11-4-12-36-81/h1-77H. The van der Waals surface area contributed by atoms with Gasteiger partial charge in [0.15, 0.2) is 5.82 Å². The van der Waals surface area contributed by atoms with Crippen LogP contribution >= 0.6 is 0 Å². The summed E-state index contributed by atoms with van der Waals surface area (Å²) < 4.78 is 7.23. The second-order valence-electron chi connectivity index (χ2n) is 30.2. The van der Waals surface area contributed by atoms with Crippen molar-refractivity contribution in [2.75, 3.05) is 0 Å². The summed E-state index contributed by atoms with van der Waals surface area (Å²) in [6.07, 6.45) is 9.12. The molecule has 0 aliphatic heterocycles. The topological polar surface area (TPSA) is 73.7 Å². The summed E-state index contributed by atoms with van der Waals surface area (Å²) >= 11 is 0. The Hall–Kier alpha value is -16.2. The zero-order valence-corrected chi connectivity index (χ0v) is 66.1. The predicted octanol–water partition coefficient (Wildman–Crippen LogP) is 30.5. The Kier molecular flexibility index (Phi) is 20.5. The van der Waals surface area contributed by atoms with Gasteiger partial charge >= 0.3 is 0 Å². The van der Waals surface area contributed by atoms with Gasteiger partial charge in [-0.1, -0.05) is 291 Å². The van der Waals surface area contributed by atoms with Gasteiger partial charge in [-0.25, -0.2) is 9.97 Å². The van der Waals surface area contributed by atoms with Crippen molar-refractivity contribution in [2.24, 2.45) is 0 Å². The highest BCUT2D eigenvalue weighted by Gasteiger charge is 2.24. The molecule has 0 fully saturated rings. The summed E-state index contributed by atoms with van der Waals surface area (Å²) in [6.45, 7) is 0. The van der Waals surface area contributed by atoms with E-state index in [-0.39, 0.29) is 0 Å².